The summed E-state index contributed by atoms with van der Waals surface area (Å²) in [5.74, 6) is 0. The van der Waals surface area contributed by atoms with E-state index in [4.69, 9.17) is 0 Å². The van der Waals surface area contributed by atoms with Crippen molar-refractivity contribution in [2.75, 3.05) is 0 Å². The van der Waals surface area contributed by atoms with Gasteiger partial charge in [-0.15, -0.1) is 59.3 Å². The SMILES string of the molecule is [CH3-].[CH3-].[Zr]=[C]1CCCCC1.c1ccc2[cH-]ccc2c1.c1ccc2[cH-]ccc2c1. The van der Waals surface area contributed by atoms with Gasteiger partial charge < -0.3 is 14.9 Å². The predicted molar refractivity (Wildman–Crippen MR) is 120 cm³/mol. The van der Waals surface area contributed by atoms with Crippen LogP contribution in [-0.2, 0) is 24.2 Å². The van der Waals surface area contributed by atoms with Crippen LogP contribution in [0.3, 0.4) is 0 Å². The van der Waals surface area contributed by atoms with Gasteiger partial charge in [-0.25, -0.2) is 0 Å². The maximum absolute atomic E-state index is 2.12. The van der Waals surface area contributed by atoms with Gasteiger partial charge in [0.2, 0.25) is 0 Å². The maximum atomic E-state index is 2.12. The van der Waals surface area contributed by atoms with E-state index in [0.29, 0.717) is 0 Å². The quantitative estimate of drug-likeness (QED) is 0.249. The molecule has 1 saturated carbocycles. The van der Waals surface area contributed by atoms with Crippen LogP contribution in [0.5, 0.6) is 0 Å². The van der Waals surface area contributed by atoms with Crippen LogP contribution in [0.2, 0.25) is 0 Å². The Kier molecular flexibility index (Phi) is 11.1. The first-order chi connectivity index (χ1) is 12.3. The van der Waals surface area contributed by atoms with Crippen LogP contribution in [0.15, 0.2) is 84.9 Å². The van der Waals surface area contributed by atoms with Crippen LogP contribution in [-0.4, -0.2) is 3.21 Å². The Morgan fingerprint density at radius 1 is 0.593 bits per heavy atom. The molecule has 0 saturated heterocycles. The molecule has 0 aromatic heterocycles. The van der Waals surface area contributed by atoms with Crippen molar-refractivity contribution in [1.29, 1.82) is 0 Å². The van der Waals surface area contributed by atoms with E-state index in [1.165, 1.54) is 53.6 Å². The molecular formula is C26H30Zr-4. The number of benzene rings is 2. The van der Waals surface area contributed by atoms with E-state index >= 15 is 0 Å². The Balaban J connectivity index is 0.000000197. The molecule has 0 aliphatic heterocycles. The van der Waals surface area contributed by atoms with Crippen molar-refractivity contribution in [1.82, 2.24) is 0 Å². The molecule has 0 spiro atoms. The van der Waals surface area contributed by atoms with E-state index in [0.717, 1.165) is 0 Å². The van der Waals surface area contributed by atoms with Crippen molar-refractivity contribution in [3.8, 4) is 0 Å². The van der Waals surface area contributed by atoms with E-state index in [2.05, 4.69) is 84.9 Å². The average molecular weight is 434 g/mol. The summed E-state index contributed by atoms with van der Waals surface area (Å²) >= 11 is 1.69. The van der Waals surface area contributed by atoms with Gasteiger partial charge in [0.25, 0.3) is 0 Å². The first-order valence-corrected chi connectivity index (χ1v) is 10.3. The Hall–Kier alpha value is -1.59. The predicted octanol–water partition coefficient (Wildman–Crippen LogP) is 7.69. The molecule has 0 unspecified atom stereocenters. The molecule has 0 amide bonds. The second-order valence-electron chi connectivity index (χ2n) is 6.47. The summed E-state index contributed by atoms with van der Waals surface area (Å²) in [7, 11) is 0. The van der Waals surface area contributed by atoms with Gasteiger partial charge in [0.1, 0.15) is 0 Å². The minimum Gasteiger partial charge on any atom is -0.168 e. The fourth-order valence-electron chi connectivity index (χ4n) is 3.12. The molecule has 27 heavy (non-hydrogen) atoms. The van der Waals surface area contributed by atoms with E-state index in [1.807, 2.05) is 0 Å². The number of fused-ring (bicyclic) bond motifs is 2. The van der Waals surface area contributed by atoms with Gasteiger partial charge in [0.15, 0.2) is 0 Å². The molecule has 0 radical (unpaired) electrons. The smallest absolute Gasteiger partial charge is 0.0809 e. The number of hydrogen-bond donors (Lipinski definition) is 0. The van der Waals surface area contributed by atoms with Crippen LogP contribution < -0.4 is 0 Å². The molecule has 1 aliphatic carbocycles. The van der Waals surface area contributed by atoms with Gasteiger partial charge in [-0.2, -0.15) is 35.0 Å². The molecule has 4 aromatic carbocycles. The Bertz CT molecular complexity index is 775. The summed E-state index contributed by atoms with van der Waals surface area (Å²) in [6.07, 6.45) is 7.32. The normalized spacial score (nSPS) is 12.6. The third kappa shape index (κ3) is 7.51. The summed E-state index contributed by atoms with van der Waals surface area (Å²) in [6, 6.07) is 29.3. The van der Waals surface area contributed by atoms with Crippen molar-refractivity contribution >= 4 is 24.8 Å². The topological polar surface area (TPSA) is 0 Å². The summed E-state index contributed by atoms with van der Waals surface area (Å²) in [5.41, 5.74) is 0. The van der Waals surface area contributed by atoms with Gasteiger partial charge in [-0.3, -0.25) is 0 Å². The van der Waals surface area contributed by atoms with Crippen molar-refractivity contribution in [2.45, 2.75) is 32.1 Å². The molecule has 5 rings (SSSR count). The molecule has 0 N–H and O–H groups in total. The standard InChI is InChI=1S/2C9H7.C6H10.2CH3.Zr/c2*1-2-5-9-7-3-6-8(9)4-1;1-2-4-6-5-3-1;;;/h2*1-7H;1-5H2;2*1H3;/q2*-1;;2*-1;. The van der Waals surface area contributed by atoms with Crippen molar-refractivity contribution in [3.05, 3.63) is 99.8 Å². The molecule has 0 heterocycles. The molecule has 1 heteroatoms. The molecule has 0 atom stereocenters. The van der Waals surface area contributed by atoms with Gasteiger partial charge in [0.05, 0.1) is 0 Å². The summed E-state index contributed by atoms with van der Waals surface area (Å²) in [6.45, 7) is 0. The zero-order valence-electron chi connectivity index (χ0n) is 16.6. The Labute approximate surface area is 180 Å². The van der Waals surface area contributed by atoms with Crippen molar-refractivity contribution in [3.63, 3.8) is 0 Å². The zero-order valence-corrected chi connectivity index (χ0v) is 19.1. The van der Waals surface area contributed by atoms with E-state index in [9.17, 15) is 0 Å². The fourth-order valence-corrected chi connectivity index (χ4v) is 3.99. The van der Waals surface area contributed by atoms with E-state index in [1.54, 1.807) is 27.4 Å². The first-order valence-electron chi connectivity index (χ1n) is 9.10. The van der Waals surface area contributed by atoms with Gasteiger partial charge in [-0.1, -0.05) is 12.1 Å². The zero-order chi connectivity index (χ0) is 17.3. The second kappa shape index (κ2) is 12.7. The van der Waals surface area contributed by atoms with Crippen LogP contribution >= 0.6 is 0 Å². The van der Waals surface area contributed by atoms with Gasteiger partial charge in [0, 0.05) is 0 Å². The number of rotatable bonds is 0. The Morgan fingerprint density at radius 2 is 1.04 bits per heavy atom. The largest absolute Gasteiger partial charge is 0.168 e. The monoisotopic (exact) mass is 432 g/mol. The molecule has 0 bridgehead atoms. The molecule has 1 aliphatic rings. The molecule has 1 fully saturated rings. The van der Waals surface area contributed by atoms with Crippen molar-refractivity contribution in [2.24, 2.45) is 0 Å². The molecule has 0 nitrogen and oxygen atoms in total. The fraction of sp³-hybridized carbons (Fsp3) is 0.192. The van der Waals surface area contributed by atoms with E-state index < -0.39 is 0 Å². The Morgan fingerprint density at radius 3 is 1.41 bits per heavy atom. The molecule has 142 valence electrons. The molecular weight excluding hydrogens is 404 g/mol. The maximum Gasteiger partial charge on any atom is -0.0809 e. The van der Waals surface area contributed by atoms with Gasteiger partial charge >= 0.3 is 59.5 Å². The van der Waals surface area contributed by atoms with Crippen LogP contribution in [0.4, 0.5) is 0 Å². The van der Waals surface area contributed by atoms with E-state index in [-0.39, 0.29) is 14.9 Å². The molecule has 4 aromatic rings. The van der Waals surface area contributed by atoms with Gasteiger partial charge in [-0.05, 0) is 0 Å². The first kappa shape index (κ1) is 23.5. The minimum absolute atomic E-state index is 0. The van der Waals surface area contributed by atoms with Crippen LogP contribution in [0, 0.1) is 14.9 Å². The number of hydrogen-bond acceptors (Lipinski definition) is 0. The van der Waals surface area contributed by atoms with Crippen LogP contribution in [0.25, 0.3) is 21.5 Å². The van der Waals surface area contributed by atoms with Crippen molar-refractivity contribution < 1.29 is 24.2 Å². The summed E-state index contributed by atoms with van der Waals surface area (Å²) < 4.78 is 1.80. The van der Waals surface area contributed by atoms with Crippen LogP contribution in [0.1, 0.15) is 32.1 Å². The minimum atomic E-state index is 0. The summed E-state index contributed by atoms with van der Waals surface area (Å²) in [4.78, 5) is 0. The second-order valence-corrected chi connectivity index (χ2v) is 8.21. The average Bonchev–Trinajstić information content (AvgIpc) is 3.32. The third-order valence-electron chi connectivity index (χ3n) is 4.55. The third-order valence-corrected chi connectivity index (χ3v) is 5.78. The summed E-state index contributed by atoms with van der Waals surface area (Å²) in [5, 5.41) is 5.32.